The quantitative estimate of drug-likeness (QED) is 0.656. The Balaban J connectivity index is 1.71. The second kappa shape index (κ2) is 9.47. The van der Waals surface area contributed by atoms with Gasteiger partial charge in [0.1, 0.15) is 6.10 Å². The number of ether oxygens (including phenoxy) is 1. The van der Waals surface area contributed by atoms with Crippen molar-refractivity contribution in [1.29, 1.82) is 0 Å². The summed E-state index contributed by atoms with van der Waals surface area (Å²) in [6.07, 6.45) is -0.621. The molecule has 1 amide bonds. The molecule has 2 N–H and O–H groups in total. The van der Waals surface area contributed by atoms with Crippen molar-refractivity contribution in [2.45, 2.75) is 31.5 Å². The van der Waals surface area contributed by atoms with Gasteiger partial charge in [-0.1, -0.05) is 48.0 Å². The summed E-state index contributed by atoms with van der Waals surface area (Å²) in [6.45, 7) is 4.18. The van der Waals surface area contributed by atoms with Crippen molar-refractivity contribution in [3.8, 4) is 0 Å². The first kappa shape index (κ1) is 20.1. The van der Waals surface area contributed by atoms with Gasteiger partial charge in [0.25, 0.3) is 0 Å². The molecule has 6 nitrogen and oxygen atoms in total. The van der Waals surface area contributed by atoms with Crippen LogP contribution in [0.25, 0.3) is 0 Å². The minimum atomic E-state index is -3.57. The van der Waals surface area contributed by atoms with Crippen molar-refractivity contribution in [3.05, 3.63) is 65.7 Å². The lowest BCUT2D eigenvalue weighted by molar-refractivity contribution is -0.132. The van der Waals surface area contributed by atoms with Crippen LogP contribution in [0.1, 0.15) is 18.1 Å². The smallest absolute Gasteiger partial charge is 0.248 e. The van der Waals surface area contributed by atoms with Crippen LogP contribution in [0.2, 0.25) is 0 Å². The molecule has 0 radical (unpaired) electrons. The molecule has 0 bridgehead atoms. The highest BCUT2D eigenvalue weighted by molar-refractivity contribution is 7.89. The van der Waals surface area contributed by atoms with Crippen molar-refractivity contribution >= 4 is 15.9 Å². The number of carbonyl (C=O) groups is 1. The molecule has 0 saturated heterocycles. The van der Waals surface area contributed by atoms with Gasteiger partial charge in [-0.3, -0.25) is 4.79 Å². The lowest BCUT2D eigenvalue weighted by Crippen LogP contribution is -2.39. The van der Waals surface area contributed by atoms with Gasteiger partial charge in [0.05, 0.1) is 11.5 Å². The zero-order valence-electron chi connectivity index (χ0n) is 14.9. The van der Waals surface area contributed by atoms with Crippen LogP contribution >= 0.6 is 0 Å². The highest BCUT2D eigenvalue weighted by atomic mass is 32.2. The van der Waals surface area contributed by atoms with Gasteiger partial charge in [-0.25, -0.2) is 13.1 Å². The minimum absolute atomic E-state index is 0.105. The Hall–Kier alpha value is -2.22. The van der Waals surface area contributed by atoms with Crippen LogP contribution in [0, 0.1) is 6.92 Å². The Morgan fingerprint density at radius 1 is 1.04 bits per heavy atom. The number of nitrogens with one attached hydrogen (secondary N) is 2. The maximum atomic E-state index is 12.1. The first-order valence-electron chi connectivity index (χ1n) is 8.38. The van der Waals surface area contributed by atoms with Crippen LogP contribution < -0.4 is 10.0 Å². The summed E-state index contributed by atoms with van der Waals surface area (Å²) < 4.78 is 32.2. The topological polar surface area (TPSA) is 84.5 Å². The molecule has 2 rings (SSSR count). The Labute approximate surface area is 154 Å². The predicted molar refractivity (Wildman–Crippen MR) is 100 cm³/mol. The van der Waals surface area contributed by atoms with E-state index in [2.05, 4.69) is 10.0 Å². The van der Waals surface area contributed by atoms with Gasteiger partial charge in [0.2, 0.25) is 15.9 Å². The molecule has 7 heteroatoms. The average Bonchev–Trinajstić information content (AvgIpc) is 2.64. The van der Waals surface area contributed by atoms with E-state index in [1.165, 1.54) is 0 Å². The fraction of sp³-hybridized carbons (Fsp3) is 0.316. The number of hydrogen-bond donors (Lipinski definition) is 2. The van der Waals surface area contributed by atoms with Crippen molar-refractivity contribution in [3.63, 3.8) is 0 Å². The molecular weight excluding hydrogens is 352 g/mol. The van der Waals surface area contributed by atoms with Gasteiger partial charge >= 0.3 is 0 Å². The van der Waals surface area contributed by atoms with Gasteiger partial charge in [0, 0.05) is 13.1 Å². The van der Waals surface area contributed by atoms with E-state index in [1.54, 1.807) is 31.2 Å². The van der Waals surface area contributed by atoms with E-state index < -0.39 is 16.1 Å². The molecule has 2 aromatic rings. The number of amides is 1. The van der Waals surface area contributed by atoms with E-state index >= 15 is 0 Å². The van der Waals surface area contributed by atoms with Crippen LogP contribution in [0.4, 0.5) is 0 Å². The van der Waals surface area contributed by atoms with Gasteiger partial charge in [-0.05, 0) is 31.5 Å². The lowest BCUT2D eigenvalue weighted by Gasteiger charge is -2.14. The second-order valence-electron chi connectivity index (χ2n) is 5.94. The predicted octanol–water partition coefficient (Wildman–Crippen LogP) is 1.99. The second-order valence-corrected chi connectivity index (χ2v) is 7.71. The maximum absolute atomic E-state index is 12.1. The van der Waals surface area contributed by atoms with Gasteiger partial charge in [0.15, 0.2) is 0 Å². The normalized spacial score (nSPS) is 12.5. The van der Waals surface area contributed by atoms with Crippen LogP contribution in [-0.2, 0) is 26.2 Å². The van der Waals surface area contributed by atoms with Crippen molar-refractivity contribution in [2.75, 3.05) is 13.1 Å². The molecule has 0 spiro atoms. The number of rotatable bonds is 9. The molecule has 0 aliphatic rings. The first-order valence-corrected chi connectivity index (χ1v) is 9.86. The van der Waals surface area contributed by atoms with E-state index in [0.29, 0.717) is 6.61 Å². The molecule has 0 aliphatic heterocycles. The van der Waals surface area contributed by atoms with Gasteiger partial charge in [-0.2, -0.15) is 0 Å². The summed E-state index contributed by atoms with van der Waals surface area (Å²) in [5.41, 5.74) is 1.97. The molecule has 2 aromatic carbocycles. The zero-order valence-corrected chi connectivity index (χ0v) is 15.8. The number of aryl methyl sites for hydroxylation is 1. The highest BCUT2D eigenvalue weighted by Gasteiger charge is 2.15. The Morgan fingerprint density at radius 3 is 2.35 bits per heavy atom. The third-order valence-electron chi connectivity index (χ3n) is 3.76. The van der Waals surface area contributed by atoms with Crippen molar-refractivity contribution < 1.29 is 17.9 Å². The number of sulfonamides is 1. The summed E-state index contributed by atoms with van der Waals surface area (Å²) >= 11 is 0. The van der Waals surface area contributed by atoms with E-state index in [4.69, 9.17) is 4.74 Å². The summed E-state index contributed by atoms with van der Waals surface area (Å²) in [6, 6.07) is 16.1. The minimum Gasteiger partial charge on any atom is -0.364 e. The molecular formula is C19H24N2O4S. The average molecular weight is 376 g/mol. The third-order valence-corrected chi connectivity index (χ3v) is 5.24. The maximum Gasteiger partial charge on any atom is 0.248 e. The van der Waals surface area contributed by atoms with E-state index in [9.17, 15) is 13.2 Å². The Bertz CT molecular complexity index is 805. The fourth-order valence-corrected chi connectivity index (χ4v) is 3.22. The van der Waals surface area contributed by atoms with Gasteiger partial charge in [-0.15, -0.1) is 0 Å². The Morgan fingerprint density at radius 2 is 1.69 bits per heavy atom. The van der Waals surface area contributed by atoms with Crippen LogP contribution in [-0.4, -0.2) is 33.5 Å². The summed E-state index contributed by atoms with van der Waals surface area (Å²) in [7, 11) is -3.57. The molecule has 0 saturated carbocycles. The highest BCUT2D eigenvalue weighted by Crippen LogP contribution is 2.09. The molecule has 0 aromatic heterocycles. The van der Waals surface area contributed by atoms with Crippen LogP contribution in [0.5, 0.6) is 0 Å². The molecule has 0 aliphatic carbocycles. The molecule has 26 heavy (non-hydrogen) atoms. The summed E-state index contributed by atoms with van der Waals surface area (Å²) in [4.78, 5) is 12.2. The standard InChI is InChI=1S/C19H24N2O4S/c1-15-8-10-18(11-9-15)26(23,24)21-13-12-20-19(22)16(2)25-14-17-6-4-3-5-7-17/h3-11,16,21H,12-14H2,1-2H3,(H,20,22). The molecule has 140 valence electrons. The summed E-state index contributed by atoms with van der Waals surface area (Å²) in [5, 5.41) is 2.66. The van der Waals surface area contributed by atoms with E-state index in [1.807, 2.05) is 37.3 Å². The fourth-order valence-electron chi connectivity index (χ4n) is 2.19. The molecule has 1 atom stereocenters. The summed E-state index contributed by atoms with van der Waals surface area (Å²) in [5.74, 6) is -0.282. The van der Waals surface area contributed by atoms with Crippen LogP contribution in [0.15, 0.2) is 59.5 Å². The lowest BCUT2D eigenvalue weighted by atomic mass is 10.2. The SMILES string of the molecule is Cc1ccc(S(=O)(=O)NCCNC(=O)C(C)OCc2ccccc2)cc1. The molecule has 1 unspecified atom stereocenters. The zero-order chi connectivity index (χ0) is 19.0. The van der Waals surface area contributed by atoms with Gasteiger partial charge < -0.3 is 10.1 Å². The monoisotopic (exact) mass is 376 g/mol. The largest absolute Gasteiger partial charge is 0.364 e. The van der Waals surface area contributed by atoms with E-state index in [-0.39, 0.29) is 23.9 Å². The number of hydrogen-bond acceptors (Lipinski definition) is 4. The third kappa shape index (κ3) is 6.25. The van der Waals surface area contributed by atoms with Crippen LogP contribution in [0.3, 0.4) is 0 Å². The van der Waals surface area contributed by atoms with Crippen molar-refractivity contribution in [1.82, 2.24) is 10.0 Å². The first-order chi connectivity index (χ1) is 12.4. The molecule has 0 heterocycles. The Kier molecular flexibility index (Phi) is 7.32. The number of carbonyl (C=O) groups excluding carboxylic acids is 1. The van der Waals surface area contributed by atoms with Crippen molar-refractivity contribution in [2.24, 2.45) is 0 Å². The van der Waals surface area contributed by atoms with E-state index in [0.717, 1.165) is 11.1 Å². The number of benzene rings is 2. The molecule has 0 fully saturated rings.